The Morgan fingerprint density at radius 1 is 1.13 bits per heavy atom. The van der Waals surface area contributed by atoms with Crippen molar-refractivity contribution in [3.63, 3.8) is 0 Å². The van der Waals surface area contributed by atoms with Gasteiger partial charge in [-0.25, -0.2) is 14.5 Å². The Hall–Kier alpha value is -3.32. The Balaban J connectivity index is 1.59. The number of amides is 1. The Labute approximate surface area is 219 Å². The Morgan fingerprint density at radius 2 is 1.79 bits per heavy atom. The zero-order valence-corrected chi connectivity index (χ0v) is 22.8. The Kier molecular flexibility index (Phi) is 7.36. The van der Waals surface area contributed by atoms with Crippen molar-refractivity contribution in [2.45, 2.75) is 76.9 Å². The summed E-state index contributed by atoms with van der Waals surface area (Å²) in [5.74, 6) is 0.123. The van der Waals surface area contributed by atoms with Gasteiger partial charge in [-0.3, -0.25) is 0 Å². The first-order valence-corrected chi connectivity index (χ1v) is 15.1. The van der Waals surface area contributed by atoms with Gasteiger partial charge in [-0.15, -0.1) is 13.2 Å². The molecule has 1 aliphatic carbocycles. The Bertz CT molecular complexity index is 1300. The van der Waals surface area contributed by atoms with Gasteiger partial charge in [0.2, 0.25) is 0 Å². The lowest BCUT2D eigenvalue weighted by molar-refractivity contribution is -0.274. The van der Waals surface area contributed by atoms with Crippen LogP contribution in [0, 0.1) is 0 Å². The normalized spacial score (nSPS) is 18.2. The van der Waals surface area contributed by atoms with E-state index in [1.165, 1.54) is 28.9 Å². The average Bonchev–Trinajstić information content (AvgIpc) is 3.14. The van der Waals surface area contributed by atoms with Gasteiger partial charge in [0, 0.05) is 19.0 Å². The molecule has 0 radical (unpaired) electrons. The van der Waals surface area contributed by atoms with Crippen LogP contribution < -0.4 is 14.8 Å². The van der Waals surface area contributed by atoms with Crippen molar-refractivity contribution in [1.29, 1.82) is 0 Å². The van der Waals surface area contributed by atoms with E-state index in [1.807, 2.05) is 0 Å². The molecular formula is C25H31F3N4O5Si. The maximum atomic E-state index is 12.5. The van der Waals surface area contributed by atoms with E-state index in [0.29, 0.717) is 28.2 Å². The summed E-state index contributed by atoms with van der Waals surface area (Å²) in [7, 11) is -1.90. The topological polar surface area (TPSA) is 108 Å². The largest absolute Gasteiger partial charge is 0.573 e. The molecule has 38 heavy (non-hydrogen) atoms. The van der Waals surface area contributed by atoms with Gasteiger partial charge in [0.25, 0.3) is 0 Å². The molecule has 2 N–H and O–H groups in total. The minimum absolute atomic E-state index is 0.0854. The van der Waals surface area contributed by atoms with Crippen molar-refractivity contribution >= 4 is 25.4 Å². The number of ether oxygens (including phenoxy) is 2. The highest BCUT2D eigenvalue weighted by molar-refractivity contribution is 6.74. The molecule has 1 saturated carbocycles. The summed E-state index contributed by atoms with van der Waals surface area (Å²) in [5, 5.41) is 16.6. The highest BCUT2D eigenvalue weighted by Gasteiger charge is 2.43. The molecule has 0 bridgehead atoms. The van der Waals surface area contributed by atoms with Crippen LogP contribution in [0.4, 0.5) is 18.0 Å². The number of nitrogens with one attached hydrogen (secondary N) is 1. The van der Waals surface area contributed by atoms with E-state index in [9.17, 15) is 18.0 Å². The smallest absolute Gasteiger partial charge is 0.489 e. The molecule has 0 saturated heterocycles. The average molecular weight is 553 g/mol. The number of rotatable bonds is 8. The summed E-state index contributed by atoms with van der Waals surface area (Å²) < 4.78 is 55.7. The van der Waals surface area contributed by atoms with Crippen LogP contribution >= 0.6 is 0 Å². The lowest BCUT2D eigenvalue weighted by Crippen LogP contribution is -2.50. The second kappa shape index (κ2) is 10.1. The van der Waals surface area contributed by atoms with Gasteiger partial charge < -0.3 is 24.3 Å². The molecule has 1 amide bonds. The Morgan fingerprint density at radius 3 is 2.37 bits per heavy atom. The number of carboxylic acid groups (broad SMARTS) is 1. The fourth-order valence-electron chi connectivity index (χ4n) is 3.92. The maximum absolute atomic E-state index is 12.5. The number of fused-ring (bicyclic) bond motifs is 1. The second-order valence-corrected chi connectivity index (χ2v) is 15.5. The lowest BCUT2D eigenvalue weighted by atomic mass is 9.92. The van der Waals surface area contributed by atoms with Crippen molar-refractivity contribution in [3.8, 4) is 17.2 Å². The van der Waals surface area contributed by atoms with Gasteiger partial charge in [0.05, 0.1) is 29.4 Å². The molecule has 13 heteroatoms. The zero-order valence-electron chi connectivity index (χ0n) is 21.8. The highest BCUT2D eigenvalue weighted by atomic mass is 28.4. The van der Waals surface area contributed by atoms with E-state index in [-0.39, 0.29) is 29.5 Å². The van der Waals surface area contributed by atoms with Crippen molar-refractivity contribution < 1.29 is 37.0 Å². The molecule has 0 aliphatic heterocycles. The van der Waals surface area contributed by atoms with Gasteiger partial charge >= 0.3 is 12.5 Å². The van der Waals surface area contributed by atoms with Crippen LogP contribution in [-0.4, -0.2) is 52.9 Å². The van der Waals surface area contributed by atoms with Crippen molar-refractivity contribution in [3.05, 3.63) is 42.2 Å². The molecule has 9 nitrogen and oxygen atoms in total. The van der Waals surface area contributed by atoms with Gasteiger partial charge in [0.1, 0.15) is 17.6 Å². The van der Waals surface area contributed by atoms with Crippen LogP contribution in [0.5, 0.6) is 11.5 Å². The number of aromatic nitrogens is 3. The third-order valence-corrected chi connectivity index (χ3v) is 11.5. The molecular weight excluding hydrogens is 521 g/mol. The van der Waals surface area contributed by atoms with Gasteiger partial charge in [-0.1, -0.05) is 20.8 Å². The summed E-state index contributed by atoms with van der Waals surface area (Å²) in [6.45, 7) is 10.9. The van der Waals surface area contributed by atoms with Crippen molar-refractivity contribution in [1.82, 2.24) is 20.1 Å². The first-order chi connectivity index (χ1) is 17.6. The quantitative estimate of drug-likeness (QED) is 0.329. The van der Waals surface area contributed by atoms with Crippen LogP contribution in [0.3, 0.4) is 0 Å². The zero-order chi connectivity index (χ0) is 27.9. The number of hydrogen-bond acceptors (Lipinski definition) is 6. The van der Waals surface area contributed by atoms with E-state index < -0.39 is 20.8 Å². The van der Waals surface area contributed by atoms with Crippen molar-refractivity contribution in [2.24, 2.45) is 0 Å². The minimum atomic E-state index is -4.81. The number of pyridine rings is 1. The molecule has 0 unspecified atom stereocenters. The number of nitrogens with zero attached hydrogens (tertiary/aromatic N) is 3. The van der Waals surface area contributed by atoms with Gasteiger partial charge in [-0.05, 0) is 48.5 Å². The molecule has 206 valence electrons. The minimum Gasteiger partial charge on any atom is -0.489 e. The number of halogens is 3. The molecule has 1 fully saturated rings. The third kappa shape index (κ3) is 6.21. The first-order valence-electron chi connectivity index (χ1n) is 12.2. The van der Waals surface area contributed by atoms with Gasteiger partial charge in [-0.2, -0.15) is 5.10 Å². The molecule has 1 aromatic carbocycles. The predicted octanol–water partition coefficient (Wildman–Crippen LogP) is 6.02. The number of carbonyl (C=O) groups is 1. The SMILES string of the molecule is CC(C)(C)[Si](C)(C)O[C@H]1C[C@H](Oc2ccnc3c2c(CNC(=O)O)nn3-c2ccc(OC(F)(F)F)cc2)C1. The van der Waals surface area contributed by atoms with Gasteiger partial charge in [0.15, 0.2) is 14.0 Å². The summed E-state index contributed by atoms with van der Waals surface area (Å²) in [5.41, 5.74) is 1.17. The molecule has 0 spiro atoms. The summed E-state index contributed by atoms with van der Waals surface area (Å²) in [6.07, 6.45) is -2.99. The van der Waals surface area contributed by atoms with E-state index in [0.717, 1.165) is 12.8 Å². The number of benzene rings is 1. The van der Waals surface area contributed by atoms with Crippen molar-refractivity contribution in [2.75, 3.05) is 0 Å². The molecule has 0 atom stereocenters. The summed E-state index contributed by atoms with van der Waals surface area (Å²) in [4.78, 5) is 15.6. The lowest BCUT2D eigenvalue weighted by Gasteiger charge is -2.44. The van der Waals surface area contributed by atoms with Crippen LogP contribution in [-0.2, 0) is 11.0 Å². The van der Waals surface area contributed by atoms with Crippen LogP contribution in [0.15, 0.2) is 36.5 Å². The standard InChI is InChI=1S/C25H31F3N4O5Si/c1-24(2,3)38(4,5)37-18-12-17(13-18)35-20-10-11-29-22-21(20)19(14-30-23(33)34)31-32(22)15-6-8-16(9-7-15)36-25(26,27)28/h6-11,17-18,30H,12-14H2,1-5H3,(H,33,34)/t17-,18-. The molecule has 1 aliphatic rings. The fraction of sp³-hybridized carbons (Fsp3) is 0.480. The summed E-state index contributed by atoms with van der Waals surface area (Å²) >= 11 is 0. The molecule has 2 aromatic heterocycles. The number of alkyl halides is 3. The molecule has 3 aromatic rings. The monoisotopic (exact) mass is 552 g/mol. The molecule has 4 rings (SSSR count). The van der Waals surface area contributed by atoms with Crippen LogP contribution in [0.1, 0.15) is 39.3 Å². The fourth-order valence-corrected chi connectivity index (χ4v) is 5.30. The van der Waals surface area contributed by atoms with Crippen LogP contribution in [0.2, 0.25) is 18.1 Å². The first kappa shape index (κ1) is 27.7. The maximum Gasteiger partial charge on any atom is 0.573 e. The predicted molar refractivity (Wildman–Crippen MR) is 136 cm³/mol. The molecule has 2 heterocycles. The van der Waals surface area contributed by atoms with E-state index in [2.05, 4.69) is 54.0 Å². The highest BCUT2D eigenvalue weighted by Crippen LogP contribution is 2.41. The second-order valence-electron chi connectivity index (χ2n) is 10.8. The van der Waals surface area contributed by atoms with E-state index in [1.54, 1.807) is 12.3 Å². The third-order valence-electron chi connectivity index (χ3n) is 6.94. The summed E-state index contributed by atoms with van der Waals surface area (Å²) in [6, 6.07) is 6.85. The van der Waals surface area contributed by atoms with Crippen LogP contribution in [0.25, 0.3) is 16.7 Å². The van der Waals surface area contributed by atoms with E-state index in [4.69, 9.17) is 14.3 Å². The number of hydrogen-bond donors (Lipinski definition) is 2. The van der Waals surface area contributed by atoms with E-state index >= 15 is 0 Å².